The van der Waals surface area contributed by atoms with Crippen molar-refractivity contribution in [2.45, 2.75) is 66.3 Å². The molecule has 90 valence electrons. The monoisotopic (exact) mass is 211 g/mol. The lowest BCUT2D eigenvalue weighted by atomic mass is 9.77. The van der Waals surface area contributed by atoms with Crippen LogP contribution in [-0.2, 0) is 0 Å². The first-order valence-corrected chi connectivity index (χ1v) is 6.69. The fourth-order valence-electron chi connectivity index (χ4n) is 2.40. The van der Waals surface area contributed by atoms with Crippen molar-refractivity contribution in [3.05, 3.63) is 0 Å². The van der Waals surface area contributed by atoms with E-state index in [2.05, 4.69) is 39.9 Å². The minimum atomic E-state index is 0.459. The van der Waals surface area contributed by atoms with Crippen LogP contribution in [0.4, 0.5) is 0 Å². The minimum Gasteiger partial charge on any atom is -0.313 e. The lowest BCUT2D eigenvalue weighted by molar-refractivity contribution is 0.186. The Hall–Kier alpha value is -0.0400. The van der Waals surface area contributed by atoms with Gasteiger partial charge in [-0.2, -0.15) is 0 Å². The van der Waals surface area contributed by atoms with Gasteiger partial charge in [-0.25, -0.2) is 0 Å². The van der Waals surface area contributed by atoms with Crippen molar-refractivity contribution in [3.8, 4) is 0 Å². The quantitative estimate of drug-likeness (QED) is 0.745. The number of nitrogens with one attached hydrogen (secondary N) is 1. The van der Waals surface area contributed by atoms with Gasteiger partial charge in [0.15, 0.2) is 0 Å². The Morgan fingerprint density at radius 1 is 1.20 bits per heavy atom. The highest BCUT2D eigenvalue weighted by molar-refractivity contribution is 4.84. The van der Waals surface area contributed by atoms with Crippen molar-refractivity contribution in [3.63, 3.8) is 0 Å². The predicted octanol–water partition coefficient (Wildman–Crippen LogP) is 3.84. The molecule has 0 aromatic carbocycles. The first-order chi connectivity index (χ1) is 6.96. The van der Waals surface area contributed by atoms with Gasteiger partial charge in [-0.1, -0.05) is 47.5 Å². The molecular weight excluding hydrogens is 182 g/mol. The third-order valence-corrected chi connectivity index (χ3v) is 4.51. The molecule has 0 saturated heterocycles. The maximum atomic E-state index is 3.79. The average molecular weight is 211 g/mol. The van der Waals surface area contributed by atoms with E-state index >= 15 is 0 Å². The molecule has 0 bridgehead atoms. The van der Waals surface area contributed by atoms with Crippen LogP contribution in [0.5, 0.6) is 0 Å². The zero-order valence-corrected chi connectivity index (χ0v) is 11.3. The summed E-state index contributed by atoms with van der Waals surface area (Å²) >= 11 is 0. The van der Waals surface area contributed by atoms with Crippen LogP contribution < -0.4 is 5.32 Å². The Morgan fingerprint density at radius 2 is 1.87 bits per heavy atom. The van der Waals surface area contributed by atoms with E-state index in [1.807, 2.05) is 0 Å². The summed E-state index contributed by atoms with van der Waals surface area (Å²) in [6.07, 6.45) is 5.48. The second-order valence-electron chi connectivity index (χ2n) is 6.27. The Balaban J connectivity index is 2.37. The maximum absolute atomic E-state index is 3.79. The Labute approximate surface area is 96.0 Å². The fraction of sp³-hybridized carbons (Fsp3) is 1.00. The van der Waals surface area contributed by atoms with E-state index in [-0.39, 0.29) is 0 Å². The number of hydrogen-bond donors (Lipinski definition) is 1. The van der Waals surface area contributed by atoms with Crippen molar-refractivity contribution in [2.75, 3.05) is 6.54 Å². The van der Waals surface area contributed by atoms with Gasteiger partial charge < -0.3 is 5.32 Å². The van der Waals surface area contributed by atoms with Crippen LogP contribution in [-0.4, -0.2) is 12.6 Å². The Morgan fingerprint density at radius 3 is 2.47 bits per heavy atom. The Bertz CT molecular complexity index is 186. The molecule has 3 unspecified atom stereocenters. The summed E-state index contributed by atoms with van der Waals surface area (Å²) < 4.78 is 0. The molecule has 0 heterocycles. The van der Waals surface area contributed by atoms with Crippen molar-refractivity contribution < 1.29 is 0 Å². The lowest BCUT2D eigenvalue weighted by Crippen LogP contribution is -2.44. The van der Waals surface area contributed by atoms with Gasteiger partial charge in [0, 0.05) is 12.6 Å². The van der Waals surface area contributed by atoms with Crippen molar-refractivity contribution >= 4 is 0 Å². The molecule has 0 aromatic rings. The molecule has 1 aliphatic carbocycles. The topological polar surface area (TPSA) is 12.0 Å². The van der Waals surface area contributed by atoms with E-state index in [4.69, 9.17) is 0 Å². The van der Waals surface area contributed by atoms with Crippen molar-refractivity contribution in [2.24, 2.45) is 17.3 Å². The standard InChI is InChI=1S/C14H29N/c1-6-14(4,5)10-15-13-9-7-8-11(2)12(13)3/h11-13,15H,6-10H2,1-5H3. The van der Waals surface area contributed by atoms with E-state index < -0.39 is 0 Å². The predicted molar refractivity (Wildman–Crippen MR) is 68.0 cm³/mol. The number of hydrogen-bond acceptors (Lipinski definition) is 1. The molecule has 0 radical (unpaired) electrons. The zero-order chi connectivity index (χ0) is 11.5. The molecule has 3 atom stereocenters. The third-order valence-electron chi connectivity index (χ3n) is 4.51. The molecule has 1 heteroatoms. The minimum absolute atomic E-state index is 0.459. The molecule has 15 heavy (non-hydrogen) atoms. The van der Waals surface area contributed by atoms with Crippen LogP contribution in [0, 0.1) is 17.3 Å². The summed E-state index contributed by atoms with van der Waals surface area (Å²) in [6.45, 7) is 13.0. The molecule has 1 fully saturated rings. The molecule has 1 N–H and O–H groups in total. The summed E-state index contributed by atoms with van der Waals surface area (Å²) in [5, 5.41) is 3.79. The highest BCUT2D eigenvalue weighted by Gasteiger charge is 2.27. The summed E-state index contributed by atoms with van der Waals surface area (Å²) in [6, 6.07) is 0.763. The van der Waals surface area contributed by atoms with E-state index in [0.717, 1.165) is 17.9 Å². The second kappa shape index (κ2) is 5.34. The smallest absolute Gasteiger partial charge is 0.00954 e. The van der Waals surface area contributed by atoms with E-state index in [1.165, 1.54) is 32.2 Å². The fourth-order valence-corrected chi connectivity index (χ4v) is 2.40. The van der Waals surface area contributed by atoms with Gasteiger partial charge in [0.25, 0.3) is 0 Å². The van der Waals surface area contributed by atoms with Gasteiger partial charge in [-0.3, -0.25) is 0 Å². The van der Waals surface area contributed by atoms with Gasteiger partial charge in [-0.15, -0.1) is 0 Å². The van der Waals surface area contributed by atoms with Crippen molar-refractivity contribution in [1.82, 2.24) is 5.32 Å². The van der Waals surface area contributed by atoms with Gasteiger partial charge >= 0.3 is 0 Å². The second-order valence-corrected chi connectivity index (χ2v) is 6.27. The van der Waals surface area contributed by atoms with Crippen LogP contribution in [0.1, 0.15) is 60.3 Å². The average Bonchev–Trinajstić information content (AvgIpc) is 2.20. The maximum Gasteiger partial charge on any atom is 0.00954 e. The molecule has 1 nitrogen and oxygen atoms in total. The van der Waals surface area contributed by atoms with E-state index in [9.17, 15) is 0 Å². The first-order valence-electron chi connectivity index (χ1n) is 6.69. The molecule has 1 rings (SSSR count). The SMILES string of the molecule is CCC(C)(C)CNC1CCCC(C)C1C. The molecule has 1 saturated carbocycles. The molecule has 0 spiro atoms. The molecule has 0 aliphatic heterocycles. The third kappa shape index (κ3) is 3.79. The van der Waals surface area contributed by atoms with Crippen LogP contribution in [0.2, 0.25) is 0 Å². The summed E-state index contributed by atoms with van der Waals surface area (Å²) in [7, 11) is 0. The van der Waals surface area contributed by atoms with E-state index in [1.54, 1.807) is 0 Å². The zero-order valence-electron chi connectivity index (χ0n) is 11.3. The van der Waals surface area contributed by atoms with E-state index in [0.29, 0.717) is 5.41 Å². The van der Waals surface area contributed by atoms with Crippen LogP contribution in [0.25, 0.3) is 0 Å². The number of rotatable bonds is 4. The van der Waals surface area contributed by atoms with Gasteiger partial charge in [-0.05, 0) is 30.1 Å². The molecule has 0 amide bonds. The van der Waals surface area contributed by atoms with Crippen LogP contribution in [0.3, 0.4) is 0 Å². The first kappa shape index (κ1) is 13.0. The van der Waals surface area contributed by atoms with Gasteiger partial charge in [0.2, 0.25) is 0 Å². The largest absolute Gasteiger partial charge is 0.313 e. The van der Waals surface area contributed by atoms with Crippen LogP contribution in [0.15, 0.2) is 0 Å². The van der Waals surface area contributed by atoms with Crippen LogP contribution >= 0.6 is 0 Å². The lowest BCUT2D eigenvalue weighted by Gasteiger charge is -2.37. The van der Waals surface area contributed by atoms with Gasteiger partial charge in [0.1, 0.15) is 0 Å². The molecular formula is C14H29N. The van der Waals surface area contributed by atoms with Gasteiger partial charge in [0.05, 0.1) is 0 Å². The highest BCUT2D eigenvalue weighted by atomic mass is 14.9. The molecule has 0 aromatic heterocycles. The summed E-state index contributed by atoms with van der Waals surface area (Å²) in [5.74, 6) is 1.76. The summed E-state index contributed by atoms with van der Waals surface area (Å²) in [5.41, 5.74) is 0.459. The molecule has 1 aliphatic rings. The van der Waals surface area contributed by atoms with Crippen molar-refractivity contribution in [1.29, 1.82) is 0 Å². The Kier molecular flexibility index (Phi) is 4.64. The normalized spacial score (nSPS) is 33.0. The summed E-state index contributed by atoms with van der Waals surface area (Å²) in [4.78, 5) is 0. The highest BCUT2D eigenvalue weighted by Crippen LogP contribution is 2.30.